The van der Waals surface area contributed by atoms with E-state index in [0.717, 1.165) is 34.3 Å². The van der Waals surface area contributed by atoms with Crippen molar-refractivity contribution in [1.82, 2.24) is 15.0 Å². The van der Waals surface area contributed by atoms with Gasteiger partial charge in [0.15, 0.2) is 5.65 Å². The highest BCUT2D eigenvalue weighted by atomic mass is 79.9. The summed E-state index contributed by atoms with van der Waals surface area (Å²) in [6, 6.07) is 10.5. The van der Waals surface area contributed by atoms with Gasteiger partial charge in [0.25, 0.3) is 0 Å². The van der Waals surface area contributed by atoms with Gasteiger partial charge in [0, 0.05) is 17.1 Å². The molecule has 0 radical (unpaired) electrons. The Hall–Kier alpha value is -1.68. The quantitative estimate of drug-likeness (QED) is 0.798. The molecule has 0 bridgehead atoms. The smallest absolute Gasteiger partial charge is 0.177 e. The highest BCUT2D eigenvalue weighted by Crippen LogP contribution is 2.16. The van der Waals surface area contributed by atoms with Gasteiger partial charge in [-0.3, -0.25) is 0 Å². The van der Waals surface area contributed by atoms with Gasteiger partial charge < -0.3 is 4.98 Å². The molecule has 0 aliphatic heterocycles. The Morgan fingerprint density at radius 2 is 2.05 bits per heavy atom. The number of hydrogen-bond donors (Lipinski definition) is 1. The van der Waals surface area contributed by atoms with Crippen LogP contribution in [0.4, 0.5) is 0 Å². The van der Waals surface area contributed by atoms with E-state index in [1.807, 2.05) is 6.07 Å². The van der Waals surface area contributed by atoms with Crippen LogP contribution in [0.1, 0.15) is 17.0 Å². The monoisotopic (exact) mass is 315 g/mol. The first-order valence-corrected chi connectivity index (χ1v) is 7.06. The predicted octanol–water partition coefficient (Wildman–Crippen LogP) is 3.81. The van der Waals surface area contributed by atoms with Crippen molar-refractivity contribution >= 4 is 27.1 Å². The molecular formula is C15H14BrN3. The molecule has 3 rings (SSSR count). The summed E-state index contributed by atoms with van der Waals surface area (Å²) in [6.07, 6.45) is 3.67. The van der Waals surface area contributed by atoms with Crippen molar-refractivity contribution in [2.75, 3.05) is 0 Å². The number of nitrogens with one attached hydrogen (secondary N) is 1. The van der Waals surface area contributed by atoms with E-state index in [1.165, 1.54) is 11.1 Å². The highest BCUT2D eigenvalue weighted by molar-refractivity contribution is 9.10. The maximum Gasteiger partial charge on any atom is 0.177 e. The number of nitrogens with zero attached hydrogens (tertiary/aromatic N) is 2. The number of aryl methyl sites for hydroxylation is 3. The second-order valence-corrected chi connectivity index (χ2v) is 5.55. The minimum absolute atomic E-state index is 0.781. The standard InChI is InChI=1S/C15H14BrN3/c1-10-4-2-3-5-11(10)6-7-14-18-13-8-12(16)9-17-15(13)19-14/h2-5,8-9H,6-7H2,1H3,(H,17,18,19). The second kappa shape index (κ2) is 5.13. The van der Waals surface area contributed by atoms with Crippen molar-refractivity contribution in [3.05, 3.63) is 58.0 Å². The third-order valence-corrected chi connectivity index (χ3v) is 3.68. The average molecular weight is 316 g/mol. The maximum atomic E-state index is 4.51. The molecule has 0 fully saturated rings. The first-order valence-electron chi connectivity index (χ1n) is 6.27. The summed E-state index contributed by atoms with van der Waals surface area (Å²) < 4.78 is 0.967. The Balaban J connectivity index is 1.80. The van der Waals surface area contributed by atoms with Crippen molar-refractivity contribution in [2.24, 2.45) is 0 Å². The molecule has 1 N–H and O–H groups in total. The Morgan fingerprint density at radius 3 is 2.89 bits per heavy atom. The molecule has 2 aromatic heterocycles. The van der Waals surface area contributed by atoms with E-state index in [4.69, 9.17) is 0 Å². The van der Waals surface area contributed by atoms with E-state index in [-0.39, 0.29) is 0 Å². The fourth-order valence-electron chi connectivity index (χ4n) is 2.19. The maximum absolute atomic E-state index is 4.51. The molecule has 3 nitrogen and oxygen atoms in total. The lowest BCUT2D eigenvalue weighted by Crippen LogP contribution is -1.95. The van der Waals surface area contributed by atoms with E-state index in [1.54, 1.807) is 6.20 Å². The second-order valence-electron chi connectivity index (χ2n) is 4.63. The molecular weight excluding hydrogens is 302 g/mol. The first kappa shape index (κ1) is 12.4. The summed E-state index contributed by atoms with van der Waals surface area (Å²) >= 11 is 3.42. The van der Waals surface area contributed by atoms with Crippen LogP contribution in [0.25, 0.3) is 11.2 Å². The van der Waals surface area contributed by atoms with Crippen molar-refractivity contribution in [3.8, 4) is 0 Å². The first-order chi connectivity index (χ1) is 9.22. The summed E-state index contributed by atoms with van der Waals surface area (Å²) in [5, 5.41) is 0. The molecule has 0 amide bonds. The van der Waals surface area contributed by atoms with E-state index in [9.17, 15) is 0 Å². The Labute approximate surface area is 120 Å². The predicted molar refractivity (Wildman–Crippen MR) is 80.2 cm³/mol. The zero-order valence-corrected chi connectivity index (χ0v) is 12.2. The lowest BCUT2D eigenvalue weighted by atomic mass is 10.0. The molecule has 3 aromatic rings. The number of fused-ring (bicyclic) bond motifs is 1. The van der Waals surface area contributed by atoms with Gasteiger partial charge >= 0.3 is 0 Å². The number of aromatic amines is 1. The van der Waals surface area contributed by atoms with Crippen LogP contribution in [0, 0.1) is 6.92 Å². The molecule has 4 heteroatoms. The minimum atomic E-state index is 0.781. The van der Waals surface area contributed by atoms with Crippen LogP contribution >= 0.6 is 15.9 Å². The molecule has 0 aliphatic carbocycles. The molecule has 96 valence electrons. The van der Waals surface area contributed by atoms with E-state index >= 15 is 0 Å². The largest absolute Gasteiger partial charge is 0.341 e. The number of imidazole rings is 1. The van der Waals surface area contributed by atoms with Gasteiger partial charge in [-0.25, -0.2) is 9.97 Å². The van der Waals surface area contributed by atoms with Crippen LogP contribution in [0.5, 0.6) is 0 Å². The number of aromatic nitrogens is 3. The van der Waals surface area contributed by atoms with Gasteiger partial charge in [-0.15, -0.1) is 0 Å². The SMILES string of the molecule is Cc1ccccc1CCc1nc2ncc(Br)cc2[nH]1. The molecule has 0 unspecified atom stereocenters. The van der Waals surface area contributed by atoms with Gasteiger partial charge in [0.05, 0.1) is 5.52 Å². The molecule has 0 saturated heterocycles. The van der Waals surface area contributed by atoms with Crippen LogP contribution in [-0.2, 0) is 12.8 Å². The fraction of sp³-hybridized carbons (Fsp3) is 0.200. The van der Waals surface area contributed by atoms with Crippen LogP contribution in [-0.4, -0.2) is 15.0 Å². The van der Waals surface area contributed by atoms with Crippen molar-refractivity contribution < 1.29 is 0 Å². The zero-order valence-electron chi connectivity index (χ0n) is 10.7. The highest BCUT2D eigenvalue weighted by Gasteiger charge is 2.05. The number of halogens is 1. The zero-order chi connectivity index (χ0) is 13.2. The summed E-state index contributed by atoms with van der Waals surface area (Å²) in [5.74, 6) is 0.990. The molecule has 1 aromatic carbocycles. The van der Waals surface area contributed by atoms with E-state index < -0.39 is 0 Å². The third-order valence-electron chi connectivity index (χ3n) is 3.25. The van der Waals surface area contributed by atoms with Crippen molar-refractivity contribution in [3.63, 3.8) is 0 Å². The lowest BCUT2D eigenvalue weighted by Gasteiger charge is -2.03. The van der Waals surface area contributed by atoms with E-state index in [0.29, 0.717) is 0 Å². The third kappa shape index (κ3) is 2.68. The number of H-pyrrole nitrogens is 1. The molecule has 2 heterocycles. The fourth-order valence-corrected chi connectivity index (χ4v) is 2.52. The van der Waals surface area contributed by atoms with Gasteiger partial charge in [-0.05, 0) is 46.5 Å². The van der Waals surface area contributed by atoms with E-state index in [2.05, 4.69) is 62.1 Å². The van der Waals surface area contributed by atoms with Crippen LogP contribution in [0.15, 0.2) is 41.0 Å². The molecule has 0 aliphatic rings. The Kier molecular flexibility index (Phi) is 3.34. The van der Waals surface area contributed by atoms with Crippen LogP contribution < -0.4 is 0 Å². The van der Waals surface area contributed by atoms with Crippen LogP contribution in [0.2, 0.25) is 0 Å². The molecule has 19 heavy (non-hydrogen) atoms. The molecule has 0 spiro atoms. The van der Waals surface area contributed by atoms with Crippen molar-refractivity contribution in [1.29, 1.82) is 0 Å². The van der Waals surface area contributed by atoms with Gasteiger partial charge in [-0.2, -0.15) is 0 Å². The summed E-state index contributed by atoms with van der Waals surface area (Å²) in [7, 11) is 0. The summed E-state index contributed by atoms with van der Waals surface area (Å²) in [6.45, 7) is 2.15. The Bertz CT molecular complexity index is 718. The molecule has 0 saturated carbocycles. The summed E-state index contributed by atoms with van der Waals surface area (Å²) in [4.78, 5) is 12.1. The average Bonchev–Trinajstić information content (AvgIpc) is 2.79. The summed E-state index contributed by atoms with van der Waals surface area (Å²) in [5.41, 5.74) is 4.47. The molecule has 0 atom stereocenters. The lowest BCUT2D eigenvalue weighted by molar-refractivity contribution is 0.882. The number of rotatable bonds is 3. The van der Waals surface area contributed by atoms with Crippen LogP contribution in [0.3, 0.4) is 0 Å². The number of benzene rings is 1. The van der Waals surface area contributed by atoms with Gasteiger partial charge in [0.1, 0.15) is 5.82 Å². The number of pyridine rings is 1. The van der Waals surface area contributed by atoms with Gasteiger partial charge in [0.2, 0.25) is 0 Å². The topological polar surface area (TPSA) is 41.6 Å². The van der Waals surface area contributed by atoms with Gasteiger partial charge in [-0.1, -0.05) is 24.3 Å². The normalized spacial score (nSPS) is 11.1. The number of hydrogen-bond acceptors (Lipinski definition) is 2. The van der Waals surface area contributed by atoms with Crippen molar-refractivity contribution in [2.45, 2.75) is 19.8 Å². The Morgan fingerprint density at radius 1 is 1.21 bits per heavy atom. The minimum Gasteiger partial charge on any atom is -0.341 e.